The van der Waals surface area contributed by atoms with Crippen LogP contribution in [0.3, 0.4) is 0 Å². The maximum Gasteiger partial charge on any atom is 0.337 e. The summed E-state index contributed by atoms with van der Waals surface area (Å²) >= 11 is 0. The number of carbonyl (C=O) groups excluding carboxylic acids is 1. The number of urea groups is 1. The maximum atomic E-state index is 11.1. The average Bonchev–Trinajstić information content (AvgIpc) is 2.47. The van der Waals surface area contributed by atoms with Gasteiger partial charge in [-0.25, -0.2) is 10.2 Å². The Bertz CT molecular complexity index is 266. The van der Waals surface area contributed by atoms with Gasteiger partial charge in [0.05, 0.1) is 5.71 Å². The van der Waals surface area contributed by atoms with Crippen molar-refractivity contribution in [1.29, 1.82) is 0 Å². The van der Waals surface area contributed by atoms with Crippen molar-refractivity contribution in [3.05, 3.63) is 11.6 Å². The van der Waals surface area contributed by atoms with Gasteiger partial charge in [-0.1, -0.05) is 5.57 Å². The van der Waals surface area contributed by atoms with Crippen LogP contribution < -0.4 is 5.43 Å². The number of carbonyl (C=O) groups is 1. The third-order valence-corrected chi connectivity index (χ3v) is 1.89. The smallest absolute Gasteiger partial charge is 0.329 e. The summed E-state index contributed by atoms with van der Waals surface area (Å²) in [6.45, 7) is 2.07. The Morgan fingerprint density at radius 2 is 2.23 bits per heavy atom. The number of nitrogens with zero attached hydrogens (tertiary/aromatic N) is 2. The van der Waals surface area contributed by atoms with Gasteiger partial charge in [-0.15, -0.1) is 0 Å². The predicted molar refractivity (Wildman–Crippen MR) is 52.6 cm³/mol. The fraction of sp³-hybridized carbons (Fsp3) is 0.556. The van der Waals surface area contributed by atoms with Gasteiger partial charge in [0.25, 0.3) is 0 Å². The summed E-state index contributed by atoms with van der Waals surface area (Å²) in [5.41, 5.74) is 4.74. The molecule has 0 aromatic heterocycles. The molecule has 0 fully saturated rings. The van der Waals surface area contributed by atoms with Gasteiger partial charge in [0, 0.05) is 14.1 Å². The van der Waals surface area contributed by atoms with Crippen LogP contribution in [0, 0.1) is 0 Å². The average molecular weight is 181 g/mol. The molecule has 0 aromatic carbocycles. The van der Waals surface area contributed by atoms with Crippen molar-refractivity contribution in [3.63, 3.8) is 0 Å². The Balaban J connectivity index is 2.45. The molecule has 4 nitrogen and oxygen atoms in total. The summed E-state index contributed by atoms with van der Waals surface area (Å²) < 4.78 is 0. The molecule has 0 aromatic rings. The van der Waals surface area contributed by atoms with Crippen LogP contribution in [0.15, 0.2) is 16.8 Å². The predicted octanol–water partition coefficient (Wildman–Crippen LogP) is 1.35. The molecule has 0 atom stereocenters. The van der Waals surface area contributed by atoms with Crippen LogP contribution in [0.1, 0.15) is 19.8 Å². The molecular formula is C9H15N3O. The summed E-state index contributed by atoms with van der Waals surface area (Å²) in [5.74, 6) is 0. The van der Waals surface area contributed by atoms with Crippen molar-refractivity contribution in [2.45, 2.75) is 19.8 Å². The first-order valence-electron chi connectivity index (χ1n) is 4.30. The highest BCUT2D eigenvalue weighted by atomic mass is 16.2. The zero-order valence-corrected chi connectivity index (χ0v) is 8.29. The zero-order chi connectivity index (χ0) is 9.84. The van der Waals surface area contributed by atoms with Gasteiger partial charge in [0.2, 0.25) is 0 Å². The van der Waals surface area contributed by atoms with Crippen LogP contribution in [0.5, 0.6) is 0 Å². The molecule has 1 aliphatic rings. The highest BCUT2D eigenvalue weighted by Crippen LogP contribution is 2.14. The van der Waals surface area contributed by atoms with Crippen LogP contribution in [-0.4, -0.2) is 30.7 Å². The molecule has 0 heterocycles. The third-order valence-electron chi connectivity index (χ3n) is 1.89. The first-order valence-corrected chi connectivity index (χ1v) is 4.30. The molecule has 0 saturated carbocycles. The maximum absolute atomic E-state index is 11.1. The second kappa shape index (κ2) is 4.07. The summed E-state index contributed by atoms with van der Waals surface area (Å²) in [7, 11) is 3.37. The Labute approximate surface area is 78.3 Å². The first kappa shape index (κ1) is 9.77. The minimum absolute atomic E-state index is 0.189. The van der Waals surface area contributed by atoms with Gasteiger partial charge in [0.15, 0.2) is 0 Å². The van der Waals surface area contributed by atoms with E-state index < -0.39 is 0 Å². The highest BCUT2D eigenvalue weighted by molar-refractivity contribution is 5.98. The van der Waals surface area contributed by atoms with E-state index in [4.69, 9.17) is 0 Å². The van der Waals surface area contributed by atoms with E-state index in [1.807, 2.05) is 6.08 Å². The standard InChI is InChI=1S/C9H15N3O/c1-7-4-5-8(6-7)10-11-9(13)12(2)3/h6H,4-5H2,1-3H3,(H,11,13)/b10-8+. The fourth-order valence-electron chi connectivity index (χ4n) is 1.06. The number of hydrogen-bond donors (Lipinski definition) is 1. The van der Waals surface area contributed by atoms with E-state index in [0.29, 0.717) is 0 Å². The van der Waals surface area contributed by atoms with E-state index in [1.165, 1.54) is 10.5 Å². The molecule has 13 heavy (non-hydrogen) atoms. The largest absolute Gasteiger partial charge is 0.337 e. The van der Waals surface area contributed by atoms with Gasteiger partial charge in [-0.3, -0.25) is 0 Å². The van der Waals surface area contributed by atoms with Gasteiger partial charge in [0.1, 0.15) is 0 Å². The molecule has 1 rings (SSSR count). The molecule has 0 aliphatic heterocycles. The third kappa shape index (κ3) is 2.89. The minimum atomic E-state index is -0.189. The van der Waals surface area contributed by atoms with Crippen LogP contribution in [0.25, 0.3) is 0 Å². The molecule has 2 amide bonds. The molecule has 0 radical (unpaired) electrons. The number of allylic oxidation sites excluding steroid dienone is 2. The number of rotatable bonds is 1. The zero-order valence-electron chi connectivity index (χ0n) is 8.29. The minimum Gasteiger partial charge on any atom is -0.329 e. The van der Waals surface area contributed by atoms with Gasteiger partial charge in [-0.2, -0.15) is 5.10 Å². The molecule has 0 spiro atoms. The number of amides is 2. The van der Waals surface area contributed by atoms with Crippen LogP contribution in [-0.2, 0) is 0 Å². The van der Waals surface area contributed by atoms with Crippen LogP contribution >= 0.6 is 0 Å². The quantitative estimate of drug-likeness (QED) is 0.610. The molecular weight excluding hydrogens is 166 g/mol. The molecule has 0 saturated heterocycles. The van der Waals surface area contributed by atoms with E-state index in [2.05, 4.69) is 17.5 Å². The lowest BCUT2D eigenvalue weighted by molar-refractivity contribution is 0.218. The van der Waals surface area contributed by atoms with E-state index in [0.717, 1.165) is 18.6 Å². The van der Waals surface area contributed by atoms with E-state index >= 15 is 0 Å². The lowest BCUT2D eigenvalue weighted by Gasteiger charge is -2.08. The lowest BCUT2D eigenvalue weighted by atomic mass is 10.3. The number of hydrazone groups is 1. The van der Waals surface area contributed by atoms with Crippen molar-refractivity contribution < 1.29 is 4.79 Å². The number of hydrogen-bond acceptors (Lipinski definition) is 2. The normalized spacial score (nSPS) is 18.7. The van der Waals surface area contributed by atoms with Crippen molar-refractivity contribution in [2.75, 3.05) is 14.1 Å². The van der Waals surface area contributed by atoms with Crippen molar-refractivity contribution >= 4 is 11.7 Å². The molecule has 0 unspecified atom stereocenters. The van der Waals surface area contributed by atoms with Gasteiger partial charge < -0.3 is 4.90 Å². The second-order valence-electron chi connectivity index (χ2n) is 3.41. The summed E-state index contributed by atoms with van der Waals surface area (Å²) in [6.07, 6.45) is 3.99. The molecule has 4 heteroatoms. The summed E-state index contributed by atoms with van der Waals surface area (Å²) in [5, 5.41) is 3.99. The van der Waals surface area contributed by atoms with Crippen LogP contribution in [0.2, 0.25) is 0 Å². The van der Waals surface area contributed by atoms with Crippen molar-refractivity contribution in [1.82, 2.24) is 10.3 Å². The van der Waals surface area contributed by atoms with E-state index in [9.17, 15) is 4.79 Å². The van der Waals surface area contributed by atoms with E-state index in [1.54, 1.807) is 14.1 Å². The molecule has 1 N–H and O–H groups in total. The van der Waals surface area contributed by atoms with Gasteiger partial charge in [-0.05, 0) is 25.8 Å². The Morgan fingerprint density at radius 3 is 2.69 bits per heavy atom. The second-order valence-corrected chi connectivity index (χ2v) is 3.41. The van der Waals surface area contributed by atoms with Crippen molar-refractivity contribution in [2.24, 2.45) is 5.10 Å². The molecule has 72 valence electrons. The molecule has 0 bridgehead atoms. The molecule has 1 aliphatic carbocycles. The fourth-order valence-corrected chi connectivity index (χ4v) is 1.06. The summed E-state index contributed by atoms with van der Waals surface area (Å²) in [4.78, 5) is 12.5. The van der Waals surface area contributed by atoms with E-state index in [-0.39, 0.29) is 6.03 Å². The summed E-state index contributed by atoms with van der Waals surface area (Å²) in [6, 6.07) is -0.189. The van der Waals surface area contributed by atoms with Gasteiger partial charge >= 0.3 is 6.03 Å². The van der Waals surface area contributed by atoms with Crippen molar-refractivity contribution in [3.8, 4) is 0 Å². The first-order chi connectivity index (χ1) is 6.09. The Morgan fingerprint density at radius 1 is 1.54 bits per heavy atom. The lowest BCUT2D eigenvalue weighted by Crippen LogP contribution is -2.31. The topological polar surface area (TPSA) is 44.7 Å². The Hall–Kier alpha value is -1.32. The number of nitrogens with one attached hydrogen (secondary N) is 1. The van der Waals surface area contributed by atoms with Crippen LogP contribution in [0.4, 0.5) is 4.79 Å². The monoisotopic (exact) mass is 181 g/mol. The Kier molecular flexibility index (Phi) is 3.06. The SMILES string of the molecule is CC1=C/C(=N/NC(=O)N(C)C)CC1. The highest BCUT2D eigenvalue weighted by Gasteiger charge is 2.07.